The van der Waals surface area contributed by atoms with Gasteiger partial charge in [-0.25, -0.2) is 13.2 Å². The van der Waals surface area contributed by atoms with Crippen molar-refractivity contribution in [3.05, 3.63) is 78.4 Å². The summed E-state index contributed by atoms with van der Waals surface area (Å²) in [4.78, 5) is 24.5. The largest absolute Gasteiger partial charge is 0.465 e. The maximum Gasteiger partial charge on any atom is 0.407 e. The fourth-order valence-electron chi connectivity index (χ4n) is 3.63. The van der Waals surface area contributed by atoms with Crippen molar-refractivity contribution in [2.45, 2.75) is 36.9 Å². The highest BCUT2D eigenvalue weighted by Gasteiger charge is 2.29. The van der Waals surface area contributed by atoms with Gasteiger partial charge in [0.2, 0.25) is 15.9 Å². The molecule has 1 saturated heterocycles. The molecular weight excluding hydrogens is 430 g/mol. The topological polar surface area (TPSA) is 107 Å². The van der Waals surface area contributed by atoms with Gasteiger partial charge in [0.05, 0.1) is 4.90 Å². The number of amides is 2. The average molecular weight is 458 g/mol. The van der Waals surface area contributed by atoms with Crippen LogP contribution < -0.4 is 5.32 Å². The molecule has 1 aliphatic heterocycles. The first kappa shape index (κ1) is 23.5. The number of carboxylic acid groups (broad SMARTS) is 1. The molecule has 0 radical (unpaired) electrons. The summed E-state index contributed by atoms with van der Waals surface area (Å²) in [5.74, 6) is -0.260. The van der Waals surface area contributed by atoms with Gasteiger partial charge >= 0.3 is 6.09 Å². The molecule has 2 amide bonds. The van der Waals surface area contributed by atoms with Gasteiger partial charge in [-0.1, -0.05) is 49.0 Å². The lowest BCUT2D eigenvalue weighted by Crippen LogP contribution is -2.46. The van der Waals surface area contributed by atoms with Crippen LogP contribution in [0.2, 0.25) is 0 Å². The van der Waals surface area contributed by atoms with Gasteiger partial charge in [0.15, 0.2) is 0 Å². The Morgan fingerprint density at radius 3 is 2.12 bits per heavy atom. The minimum Gasteiger partial charge on any atom is -0.465 e. The van der Waals surface area contributed by atoms with Crippen LogP contribution in [-0.4, -0.2) is 53.9 Å². The number of hydrogen-bond acceptors (Lipinski definition) is 4. The highest BCUT2D eigenvalue weighted by molar-refractivity contribution is 7.89. The third-order valence-electron chi connectivity index (χ3n) is 5.41. The Bertz CT molecular complexity index is 1050. The molecule has 2 N–H and O–H groups in total. The van der Waals surface area contributed by atoms with Crippen LogP contribution in [0, 0.1) is 0 Å². The van der Waals surface area contributed by atoms with Gasteiger partial charge in [0.1, 0.15) is 0 Å². The molecule has 170 valence electrons. The SMILES string of the molecule is C=CC(=O)NC1CCN(S(=O)(=O)c2ccc(CN(Cc3ccccc3)C(=O)O)cc2)CC1. The Labute approximate surface area is 188 Å². The van der Waals surface area contributed by atoms with E-state index in [1.165, 1.54) is 27.4 Å². The van der Waals surface area contributed by atoms with Gasteiger partial charge in [0, 0.05) is 32.2 Å². The highest BCUT2D eigenvalue weighted by Crippen LogP contribution is 2.22. The molecule has 8 nitrogen and oxygen atoms in total. The molecule has 1 heterocycles. The molecule has 0 aromatic heterocycles. The first-order valence-corrected chi connectivity index (χ1v) is 11.8. The summed E-state index contributed by atoms with van der Waals surface area (Å²) in [6.07, 6.45) is 1.22. The Balaban J connectivity index is 1.63. The summed E-state index contributed by atoms with van der Waals surface area (Å²) in [5.41, 5.74) is 1.58. The number of nitrogens with one attached hydrogen (secondary N) is 1. The molecule has 0 atom stereocenters. The molecule has 0 spiro atoms. The van der Waals surface area contributed by atoms with Gasteiger partial charge in [0.25, 0.3) is 0 Å². The minimum absolute atomic E-state index is 0.0686. The first-order valence-electron chi connectivity index (χ1n) is 10.3. The van der Waals surface area contributed by atoms with Crippen molar-refractivity contribution in [2.24, 2.45) is 0 Å². The molecular formula is C23H27N3O5S. The second kappa shape index (κ2) is 10.4. The Morgan fingerprint density at radius 1 is 1.03 bits per heavy atom. The van der Waals surface area contributed by atoms with E-state index in [2.05, 4.69) is 11.9 Å². The van der Waals surface area contributed by atoms with Gasteiger partial charge < -0.3 is 10.4 Å². The third-order valence-corrected chi connectivity index (χ3v) is 7.32. The predicted octanol–water partition coefficient (Wildman–Crippen LogP) is 2.82. The fourth-order valence-corrected chi connectivity index (χ4v) is 5.10. The zero-order chi connectivity index (χ0) is 23.1. The van der Waals surface area contributed by atoms with E-state index in [-0.39, 0.29) is 29.9 Å². The second-order valence-corrected chi connectivity index (χ2v) is 9.60. The summed E-state index contributed by atoms with van der Waals surface area (Å²) in [6.45, 7) is 4.45. The van der Waals surface area contributed by atoms with Crippen LogP contribution in [-0.2, 0) is 27.9 Å². The standard InChI is InChI=1S/C23H27N3O5S/c1-2-22(27)24-20-12-14-26(15-13-20)32(30,31)21-10-8-19(9-11-21)17-25(23(28)29)16-18-6-4-3-5-7-18/h2-11,20H,1,12-17H2,(H,24,27)(H,28,29). The number of nitrogens with zero attached hydrogens (tertiary/aromatic N) is 2. The van der Waals surface area contributed by atoms with Crippen LogP contribution in [0.1, 0.15) is 24.0 Å². The van der Waals surface area contributed by atoms with Crippen molar-refractivity contribution < 1.29 is 23.1 Å². The van der Waals surface area contributed by atoms with Crippen LogP contribution in [0.4, 0.5) is 4.79 Å². The van der Waals surface area contributed by atoms with Crippen molar-refractivity contribution in [3.8, 4) is 0 Å². The Kier molecular flexibility index (Phi) is 7.66. The summed E-state index contributed by atoms with van der Waals surface area (Å²) >= 11 is 0. The Morgan fingerprint density at radius 2 is 1.59 bits per heavy atom. The van der Waals surface area contributed by atoms with E-state index in [1.807, 2.05) is 30.3 Å². The van der Waals surface area contributed by atoms with E-state index >= 15 is 0 Å². The number of hydrogen-bond donors (Lipinski definition) is 2. The molecule has 32 heavy (non-hydrogen) atoms. The van der Waals surface area contributed by atoms with Crippen molar-refractivity contribution in [3.63, 3.8) is 0 Å². The zero-order valence-corrected chi connectivity index (χ0v) is 18.5. The molecule has 1 aliphatic rings. The van der Waals surface area contributed by atoms with E-state index in [1.54, 1.807) is 12.1 Å². The first-order chi connectivity index (χ1) is 15.3. The van der Waals surface area contributed by atoms with Gasteiger partial charge in [-0.15, -0.1) is 0 Å². The summed E-state index contributed by atoms with van der Waals surface area (Å²) < 4.78 is 27.4. The molecule has 3 rings (SSSR count). The maximum atomic E-state index is 13.0. The molecule has 1 fully saturated rings. The molecule has 0 saturated carbocycles. The van der Waals surface area contributed by atoms with Crippen molar-refractivity contribution in [1.29, 1.82) is 0 Å². The van der Waals surface area contributed by atoms with Crippen molar-refractivity contribution in [2.75, 3.05) is 13.1 Å². The van der Waals surface area contributed by atoms with Crippen LogP contribution >= 0.6 is 0 Å². The second-order valence-electron chi connectivity index (χ2n) is 7.66. The maximum absolute atomic E-state index is 13.0. The van der Waals surface area contributed by atoms with Gasteiger partial charge in [-0.2, -0.15) is 4.31 Å². The summed E-state index contributed by atoms with van der Waals surface area (Å²) in [5, 5.41) is 12.3. The zero-order valence-electron chi connectivity index (χ0n) is 17.7. The fraction of sp³-hybridized carbons (Fsp3) is 0.304. The lowest BCUT2D eigenvalue weighted by atomic mass is 10.1. The van der Waals surface area contributed by atoms with Crippen LogP contribution in [0.3, 0.4) is 0 Å². The summed E-state index contributed by atoms with van der Waals surface area (Å²) in [6, 6.07) is 15.5. The third kappa shape index (κ3) is 5.95. The van der Waals surface area contributed by atoms with E-state index in [4.69, 9.17) is 0 Å². The quantitative estimate of drug-likeness (QED) is 0.593. The number of rotatable bonds is 8. The molecule has 9 heteroatoms. The molecule has 0 bridgehead atoms. The van der Waals surface area contributed by atoms with E-state index in [9.17, 15) is 23.1 Å². The normalized spacial score (nSPS) is 15.1. The van der Waals surface area contributed by atoms with Crippen molar-refractivity contribution in [1.82, 2.24) is 14.5 Å². The lowest BCUT2D eigenvalue weighted by molar-refractivity contribution is -0.117. The number of sulfonamides is 1. The smallest absolute Gasteiger partial charge is 0.407 e. The summed E-state index contributed by atoms with van der Waals surface area (Å²) in [7, 11) is -3.66. The van der Waals surface area contributed by atoms with Gasteiger partial charge in [-0.3, -0.25) is 9.69 Å². The number of piperidine rings is 1. The number of benzene rings is 2. The minimum atomic E-state index is -3.66. The van der Waals surface area contributed by atoms with E-state index in [0.717, 1.165) is 5.56 Å². The van der Waals surface area contributed by atoms with Crippen LogP contribution in [0.15, 0.2) is 72.1 Å². The van der Waals surface area contributed by atoms with Gasteiger partial charge in [-0.05, 0) is 42.2 Å². The van der Waals surface area contributed by atoms with Crippen LogP contribution in [0.25, 0.3) is 0 Å². The molecule has 2 aromatic carbocycles. The lowest BCUT2D eigenvalue weighted by Gasteiger charge is -2.31. The molecule has 0 unspecified atom stereocenters. The van der Waals surface area contributed by atoms with Crippen LogP contribution in [0.5, 0.6) is 0 Å². The number of carbonyl (C=O) groups excluding carboxylic acids is 1. The van der Waals surface area contributed by atoms with Crippen molar-refractivity contribution >= 4 is 22.0 Å². The number of carbonyl (C=O) groups is 2. The average Bonchev–Trinajstić information content (AvgIpc) is 2.80. The van der Waals surface area contributed by atoms with E-state index in [0.29, 0.717) is 31.5 Å². The molecule has 2 aromatic rings. The Hall–Kier alpha value is -3.17. The van der Waals surface area contributed by atoms with E-state index < -0.39 is 16.1 Å². The molecule has 0 aliphatic carbocycles. The monoisotopic (exact) mass is 457 g/mol. The predicted molar refractivity (Wildman–Crippen MR) is 120 cm³/mol. The highest BCUT2D eigenvalue weighted by atomic mass is 32.2.